The lowest BCUT2D eigenvalue weighted by molar-refractivity contribution is -0.384. The number of nitro benzene ring substituents is 1. The molecule has 0 unspecified atom stereocenters. The van der Waals surface area contributed by atoms with Crippen molar-refractivity contribution < 1.29 is 9.66 Å². The summed E-state index contributed by atoms with van der Waals surface area (Å²) in [5.74, 6) is 1.41. The van der Waals surface area contributed by atoms with Crippen molar-refractivity contribution in [1.29, 1.82) is 0 Å². The second-order valence-corrected chi connectivity index (χ2v) is 4.99. The van der Waals surface area contributed by atoms with E-state index in [2.05, 4.69) is 12.1 Å². The van der Waals surface area contributed by atoms with Crippen LogP contribution in [0.1, 0.15) is 24.0 Å². The molecule has 1 aliphatic rings. The Balaban J connectivity index is 1.78. The summed E-state index contributed by atoms with van der Waals surface area (Å²) in [6, 6.07) is 12.3. The van der Waals surface area contributed by atoms with E-state index in [0.717, 1.165) is 18.6 Å². The summed E-state index contributed by atoms with van der Waals surface area (Å²) in [5.41, 5.74) is 2.84. The fraction of sp³-hybridized carbons (Fsp3) is 0.250. The summed E-state index contributed by atoms with van der Waals surface area (Å²) in [7, 11) is 0. The molecule has 0 amide bonds. The molecular formula is C16H15NO3. The zero-order valence-corrected chi connectivity index (χ0v) is 11.0. The quantitative estimate of drug-likeness (QED) is 0.617. The minimum atomic E-state index is -0.414. The topological polar surface area (TPSA) is 52.4 Å². The van der Waals surface area contributed by atoms with E-state index in [1.54, 1.807) is 12.1 Å². The van der Waals surface area contributed by atoms with E-state index in [1.807, 2.05) is 6.07 Å². The molecule has 0 heterocycles. The normalized spacial score (nSPS) is 13.6. The molecule has 4 nitrogen and oxygen atoms in total. The molecule has 20 heavy (non-hydrogen) atoms. The minimum absolute atomic E-state index is 0.0720. The number of fused-ring (bicyclic) bond motifs is 1. The van der Waals surface area contributed by atoms with Gasteiger partial charge in [-0.1, -0.05) is 6.07 Å². The fourth-order valence-corrected chi connectivity index (χ4v) is 2.55. The number of nitro groups is 1. The second kappa shape index (κ2) is 5.33. The van der Waals surface area contributed by atoms with Crippen molar-refractivity contribution in [2.24, 2.45) is 0 Å². The fourth-order valence-electron chi connectivity index (χ4n) is 2.55. The Bertz CT molecular complexity index is 635. The van der Waals surface area contributed by atoms with Gasteiger partial charge in [0.25, 0.3) is 5.69 Å². The molecule has 102 valence electrons. The first-order chi connectivity index (χ1) is 9.72. The van der Waals surface area contributed by atoms with Gasteiger partial charge >= 0.3 is 0 Å². The number of hydrogen-bond donors (Lipinski definition) is 0. The van der Waals surface area contributed by atoms with Crippen LogP contribution in [-0.2, 0) is 12.8 Å². The van der Waals surface area contributed by atoms with Gasteiger partial charge in [0.05, 0.1) is 4.92 Å². The molecule has 0 N–H and O–H groups in total. The molecule has 0 spiro atoms. The van der Waals surface area contributed by atoms with Crippen LogP contribution in [0.25, 0.3) is 0 Å². The van der Waals surface area contributed by atoms with Gasteiger partial charge in [-0.2, -0.15) is 0 Å². The van der Waals surface area contributed by atoms with Crippen LogP contribution in [0.5, 0.6) is 11.5 Å². The lowest BCUT2D eigenvalue weighted by Crippen LogP contribution is -2.02. The van der Waals surface area contributed by atoms with E-state index in [4.69, 9.17) is 4.74 Å². The highest BCUT2D eigenvalue weighted by Gasteiger charge is 2.10. The van der Waals surface area contributed by atoms with E-state index in [9.17, 15) is 10.1 Å². The van der Waals surface area contributed by atoms with Gasteiger partial charge in [0.1, 0.15) is 11.5 Å². The first-order valence-electron chi connectivity index (χ1n) is 6.76. The van der Waals surface area contributed by atoms with Crippen LogP contribution in [0.15, 0.2) is 42.5 Å². The third-order valence-electron chi connectivity index (χ3n) is 3.60. The molecule has 0 radical (unpaired) electrons. The summed E-state index contributed by atoms with van der Waals surface area (Å²) in [6.45, 7) is 0. The van der Waals surface area contributed by atoms with Crippen LogP contribution in [0.3, 0.4) is 0 Å². The predicted molar refractivity (Wildman–Crippen MR) is 76.3 cm³/mol. The van der Waals surface area contributed by atoms with Crippen molar-refractivity contribution in [1.82, 2.24) is 0 Å². The summed E-state index contributed by atoms with van der Waals surface area (Å²) >= 11 is 0. The van der Waals surface area contributed by atoms with Crippen LogP contribution in [0.4, 0.5) is 5.69 Å². The lowest BCUT2D eigenvalue weighted by Gasteiger charge is -2.16. The predicted octanol–water partition coefficient (Wildman–Crippen LogP) is 4.27. The van der Waals surface area contributed by atoms with Crippen LogP contribution >= 0.6 is 0 Å². The van der Waals surface area contributed by atoms with Crippen molar-refractivity contribution in [3.05, 3.63) is 63.7 Å². The smallest absolute Gasteiger partial charge is 0.269 e. The zero-order valence-electron chi connectivity index (χ0n) is 11.0. The summed E-state index contributed by atoms with van der Waals surface area (Å²) in [5, 5.41) is 10.6. The van der Waals surface area contributed by atoms with E-state index in [1.165, 1.54) is 36.1 Å². The number of benzene rings is 2. The van der Waals surface area contributed by atoms with Gasteiger partial charge in [-0.15, -0.1) is 0 Å². The van der Waals surface area contributed by atoms with Crippen molar-refractivity contribution in [3.8, 4) is 11.5 Å². The Kier molecular flexibility index (Phi) is 3.37. The maximum absolute atomic E-state index is 10.6. The van der Waals surface area contributed by atoms with Gasteiger partial charge in [0.2, 0.25) is 0 Å². The molecule has 0 aliphatic heterocycles. The Morgan fingerprint density at radius 3 is 2.25 bits per heavy atom. The first-order valence-corrected chi connectivity index (χ1v) is 6.76. The largest absolute Gasteiger partial charge is 0.457 e. The standard InChI is InChI=1S/C16H15NO3/c18-17(19)14-6-9-15(10-7-14)20-16-8-5-12-3-1-2-4-13(12)11-16/h5-11H,1-4H2. The van der Waals surface area contributed by atoms with Crippen molar-refractivity contribution >= 4 is 5.69 Å². The summed E-state index contributed by atoms with van der Waals surface area (Å²) < 4.78 is 5.76. The number of aryl methyl sites for hydroxylation is 2. The molecule has 2 aromatic rings. The van der Waals surface area contributed by atoms with E-state index < -0.39 is 4.92 Å². The highest BCUT2D eigenvalue weighted by Crippen LogP contribution is 2.29. The summed E-state index contributed by atoms with van der Waals surface area (Å²) in [4.78, 5) is 10.2. The van der Waals surface area contributed by atoms with Crippen LogP contribution in [0, 0.1) is 10.1 Å². The Morgan fingerprint density at radius 1 is 0.900 bits per heavy atom. The zero-order chi connectivity index (χ0) is 13.9. The van der Waals surface area contributed by atoms with E-state index >= 15 is 0 Å². The molecule has 0 fully saturated rings. The molecule has 0 saturated heterocycles. The Hall–Kier alpha value is -2.36. The number of non-ortho nitro benzene ring substituents is 1. The molecule has 0 saturated carbocycles. The first kappa shape index (κ1) is 12.7. The highest BCUT2D eigenvalue weighted by atomic mass is 16.6. The lowest BCUT2D eigenvalue weighted by atomic mass is 9.92. The minimum Gasteiger partial charge on any atom is -0.457 e. The van der Waals surface area contributed by atoms with Crippen LogP contribution in [-0.4, -0.2) is 4.92 Å². The number of hydrogen-bond acceptors (Lipinski definition) is 3. The second-order valence-electron chi connectivity index (χ2n) is 4.99. The Labute approximate surface area is 117 Å². The molecule has 3 rings (SSSR count). The van der Waals surface area contributed by atoms with Gasteiger partial charge < -0.3 is 4.74 Å². The summed E-state index contributed by atoms with van der Waals surface area (Å²) in [6.07, 6.45) is 4.74. The van der Waals surface area contributed by atoms with Gasteiger partial charge in [0, 0.05) is 12.1 Å². The molecule has 0 atom stereocenters. The third kappa shape index (κ3) is 2.64. The highest BCUT2D eigenvalue weighted by molar-refractivity contribution is 5.41. The third-order valence-corrected chi connectivity index (χ3v) is 3.60. The number of rotatable bonds is 3. The maximum atomic E-state index is 10.6. The van der Waals surface area contributed by atoms with Crippen LogP contribution in [0.2, 0.25) is 0 Å². The van der Waals surface area contributed by atoms with Gasteiger partial charge in [-0.05, 0) is 61.1 Å². The SMILES string of the molecule is O=[N+]([O-])c1ccc(Oc2ccc3c(c2)CCCC3)cc1. The molecule has 0 aromatic heterocycles. The van der Waals surface area contributed by atoms with Gasteiger partial charge in [0.15, 0.2) is 0 Å². The molecular weight excluding hydrogens is 254 g/mol. The van der Waals surface area contributed by atoms with E-state index in [0.29, 0.717) is 5.75 Å². The molecule has 2 aromatic carbocycles. The van der Waals surface area contributed by atoms with Crippen molar-refractivity contribution in [2.75, 3.05) is 0 Å². The number of ether oxygens (including phenoxy) is 1. The van der Waals surface area contributed by atoms with Gasteiger partial charge in [-0.3, -0.25) is 10.1 Å². The molecule has 1 aliphatic carbocycles. The number of nitrogens with zero attached hydrogens (tertiary/aromatic N) is 1. The average molecular weight is 269 g/mol. The Morgan fingerprint density at radius 2 is 1.55 bits per heavy atom. The monoisotopic (exact) mass is 269 g/mol. The van der Waals surface area contributed by atoms with Crippen molar-refractivity contribution in [2.45, 2.75) is 25.7 Å². The maximum Gasteiger partial charge on any atom is 0.269 e. The van der Waals surface area contributed by atoms with Gasteiger partial charge in [-0.25, -0.2) is 0 Å². The van der Waals surface area contributed by atoms with E-state index in [-0.39, 0.29) is 5.69 Å². The average Bonchev–Trinajstić information content (AvgIpc) is 2.48. The molecule has 0 bridgehead atoms. The molecule has 4 heteroatoms. The van der Waals surface area contributed by atoms with Crippen LogP contribution < -0.4 is 4.74 Å². The van der Waals surface area contributed by atoms with Crippen molar-refractivity contribution in [3.63, 3.8) is 0 Å².